The summed E-state index contributed by atoms with van der Waals surface area (Å²) in [5.74, 6) is -0.644. The fraction of sp³-hybridized carbons (Fsp3) is 0.389. The Hall–Kier alpha value is -3.36. The zero-order valence-corrected chi connectivity index (χ0v) is 16.5. The number of aliphatic hydroxyl groups is 2. The van der Waals surface area contributed by atoms with Crippen LogP contribution in [-0.2, 0) is 10.9 Å². The lowest BCUT2D eigenvalue weighted by Crippen LogP contribution is -2.50. The largest absolute Gasteiger partial charge is 0.434 e. The van der Waals surface area contributed by atoms with Crippen LogP contribution in [0.2, 0.25) is 0 Å². The number of amides is 1. The SMILES string of the molecule is Nc1cncc(C(F)(F)F)n1.O=C(NCC1OCCC(O)C1O)c1cnc2cc[nH]c2n1. The number of nitrogen functional groups attached to an aromatic ring is 1. The molecule has 0 aromatic carbocycles. The van der Waals surface area contributed by atoms with Crippen LogP contribution in [0, 0.1) is 0 Å². The van der Waals surface area contributed by atoms with Crippen molar-refractivity contribution in [2.45, 2.75) is 30.9 Å². The zero-order chi connectivity index (χ0) is 23.3. The predicted octanol–water partition coefficient (Wildman–Crippen LogP) is 0.276. The highest BCUT2D eigenvalue weighted by atomic mass is 19.4. The average molecular weight is 455 g/mol. The summed E-state index contributed by atoms with van der Waals surface area (Å²) in [7, 11) is 0. The van der Waals surface area contributed by atoms with Crippen molar-refractivity contribution in [1.29, 1.82) is 0 Å². The van der Waals surface area contributed by atoms with Crippen LogP contribution in [-0.4, -0.2) is 72.5 Å². The lowest BCUT2D eigenvalue weighted by atomic mass is 10.0. The molecule has 3 aromatic heterocycles. The summed E-state index contributed by atoms with van der Waals surface area (Å²) in [6.07, 6.45) is -1.78. The highest BCUT2D eigenvalue weighted by molar-refractivity contribution is 5.93. The first-order valence-electron chi connectivity index (χ1n) is 9.36. The van der Waals surface area contributed by atoms with Crippen LogP contribution < -0.4 is 11.1 Å². The molecule has 11 nitrogen and oxygen atoms in total. The van der Waals surface area contributed by atoms with Crippen LogP contribution in [0.1, 0.15) is 22.6 Å². The first-order valence-corrected chi connectivity index (χ1v) is 9.36. The van der Waals surface area contributed by atoms with E-state index in [1.54, 1.807) is 12.3 Å². The Morgan fingerprint density at radius 3 is 2.75 bits per heavy atom. The Kier molecular flexibility index (Phi) is 7.17. The summed E-state index contributed by atoms with van der Waals surface area (Å²) in [6, 6.07) is 1.76. The van der Waals surface area contributed by atoms with Gasteiger partial charge in [-0.25, -0.2) is 9.97 Å². The van der Waals surface area contributed by atoms with Gasteiger partial charge in [0, 0.05) is 19.3 Å². The van der Waals surface area contributed by atoms with Crippen molar-refractivity contribution in [2.24, 2.45) is 0 Å². The molecule has 1 aliphatic heterocycles. The number of carbonyl (C=O) groups excluding carboxylic acids is 1. The van der Waals surface area contributed by atoms with E-state index in [4.69, 9.17) is 10.5 Å². The van der Waals surface area contributed by atoms with E-state index in [1.165, 1.54) is 6.20 Å². The number of aromatic nitrogens is 5. The van der Waals surface area contributed by atoms with E-state index in [9.17, 15) is 28.2 Å². The van der Waals surface area contributed by atoms with Gasteiger partial charge in [-0.2, -0.15) is 13.2 Å². The van der Waals surface area contributed by atoms with E-state index in [0.717, 1.165) is 6.20 Å². The second kappa shape index (κ2) is 9.84. The van der Waals surface area contributed by atoms with Gasteiger partial charge in [0.15, 0.2) is 11.3 Å². The minimum absolute atomic E-state index is 0.0987. The maximum Gasteiger partial charge on any atom is 0.434 e. The Bertz CT molecular complexity index is 1060. The van der Waals surface area contributed by atoms with Gasteiger partial charge in [0.05, 0.1) is 24.7 Å². The molecule has 0 saturated carbocycles. The number of rotatable bonds is 3. The van der Waals surface area contributed by atoms with Gasteiger partial charge in [0.1, 0.15) is 29.2 Å². The van der Waals surface area contributed by atoms with Crippen LogP contribution in [0.3, 0.4) is 0 Å². The molecule has 4 heterocycles. The number of halogens is 3. The molecule has 1 aliphatic rings. The molecule has 3 atom stereocenters. The lowest BCUT2D eigenvalue weighted by molar-refractivity contribution is -0.141. The molecule has 14 heteroatoms. The van der Waals surface area contributed by atoms with E-state index in [-0.39, 0.29) is 18.1 Å². The summed E-state index contributed by atoms with van der Waals surface area (Å²) in [4.78, 5) is 29.4. The topological polar surface area (TPSA) is 172 Å². The fourth-order valence-corrected chi connectivity index (χ4v) is 2.77. The number of fused-ring (bicyclic) bond motifs is 1. The zero-order valence-electron chi connectivity index (χ0n) is 16.5. The molecule has 6 N–H and O–H groups in total. The number of aromatic amines is 1. The van der Waals surface area contributed by atoms with Gasteiger partial charge in [0.25, 0.3) is 5.91 Å². The van der Waals surface area contributed by atoms with Crippen molar-refractivity contribution in [3.8, 4) is 0 Å². The van der Waals surface area contributed by atoms with Gasteiger partial charge in [-0.3, -0.25) is 14.8 Å². The van der Waals surface area contributed by atoms with Crippen molar-refractivity contribution in [3.63, 3.8) is 0 Å². The number of hydrogen-bond acceptors (Lipinski definition) is 9. The fourth-order valence-electron chi connectivity index (χ4n) is 2.77. The van der Waals surface area contributed by atoms with Crippen LogP contribution in [0.25, 0.3) is 11.2 Å². The lowest BCUT2D eigenvalue weighted by Gasteiger charge is -2.31. The Morgan fingerprint density at radius 2 is 2.06 bits per heavy atom. The number of alkyl halides is 3. The second-order valence-corrected chi connectivity index (χ2v) is 6.76. The van der Waals surface area contributed by atoms with Gasteiger partial charge in [0.2, 0.25) is 0 Å². The minimum Gasteiger partial charge on any atom is -0.390 e. The quantitative estimate of drug-likeness (QED) is 0.372. The van der Waals surface area contributed by atoms with Gasteiger partial charge in [-0.05, 0) is 12.5 Å². The standard InChI is InChI=1S/C13H16N4O4.C5H4F3N3/c18-9-2-4-21-10(11(9)19)6-16-13(20)8-5-15-7-1-3-14-12(7)17-8;6-5(7,8)3-1-10-2-4(9)11-3/h1,3,5,9-11,18-19H,2,4,6H2,(H,14,17)(H,16,20);1-2H,(H2,9,11). The van der Waals surface area contributed by atoms with Crippen LogP contribution in [0.4, 0.5) is 19.0 Å². The molecule has 3 aromatic rings. The molecule has 1 amide bonds. The van der Waals surface area contributed by atoms with Gasteiger partial charge >= 0.3 is 6.18 Å². The number of nitrogens with zero attached hydrogens (tertiary/aromatic N) is 4. The summed E-state index contributed by atoms with van der Waals surface area (Å²) in [5, 5.41) is 22.0. The number of anilines is 1. The Morgan fingerprint density at radius 1 is 1.28 bits per heavy atom. The normalized spacial score (nSPS) is 21.0. The van der Waals surface area contributed by atoms with Gasteiger partial charge < -0.3 is 31.0 Å². The van der Waals surface area contributed by atoms with Crippen LogP contribution >= 0.6 is 0 Å². The van der Waals surface area contributed by atoms with Gasteiger partial charge in [-0.1, -0.05) is 0 Å². The highest BCUT2D eigenvalue weighted by Crippen LogP contribution is 2.26. The summed E-state index contributed by atoms with van der Waals surface area (Å²) in [6.45, 7) is 0.453. The third kappa shape index (κ3) is 5.87. The van der Waals surface area contributed by atoms with Crippen molar-refractivity contribution >= 4 is 22.9 Å². The minimum atomic E-state index is -4.47. The first-order chi connectivity index (χ1) is 15.1. The summed E-state index contributed by atoms with van der Waals surface area (Å²) in [5.41, 5.74) is 5.30. The molecule has 32 heavy (non-hydrogen) atoms. The molecule has 0 aliphatic carbocycles. The molecule has 4 rings (SSSR count). The van der Waals surface area contributed by atoms with Crippen molar-refractivity contribution in [1.82, 2.24) is 30.2 Å². The molecule has 3 unspecified atom stereocenters. The number of aliphatic hydroxyl groups excluding tert-OH is 2. The van der Waals surface area contributed by atoms with E-state index in [1.807, 2.05) is 0 Å². The molecule has 1 fully saturated rings. The maximum atomic E-state index is 12.0. The maximum absolute atomic E-state index is 12.0. The third-order valence-corrected chi connectivity index (χ3v) is 4.42. The highest BCUT2D eigenvalue weighted by Gasteiger charge is 2.33. The average Bonchev–Trinajstić information content (AvgIpc) is 3.22. The number of nitrogens with one attached hydrogen (secondary N) is 2. The Balaban J connectivity index is 0.000000222. The smallest absolute Gasteiger partial charge is 0.390 e. The summed E-state index contributed by atoms with van der Waals surface area (Å²) >= 11 is 0. The molecule has 1 saturated heterocycles. The van der Waals surface area contributed by atoms with Crippen LogP contribution in [0.5, 0.6) is 0 Å². The number of carbonyl (C=O) groups is 1. The van der Waals surface area contributed by atoms with Gasteiger partial charge in [-0.15, -0.1) is 0 Å². The van der Waals surface area contributed by atoms with E-state index < -0.39 is 36.1 Å². The molecular formula is C18H20F3N7O4. The van der Waals surface area contributed by atoms with Crippen LogP contribution in [0.15, 0.2) is 30.9 Å². The van der Waals surface area contributed by atoms with Crippen molar-refractivity contribution in [3.05, 3.63) is 42.2 Å². The third-order valence-electron chi connectivity index (χ3n) is 4.42. The van der Waals surface area contributed by atoms with Crippen molar-refractivity contribution < 1.29 is 32.9 Å². The monoisotopic (exact) mass is 455 g/mol. The number of ether oxygens (including phenoxy) is 1. The molecule has 172 valence electrons. The number of H-pyrrole nitrogens is 1. The van der Waals surface area contributed by atoms with E-state index in [2.05, 4.69) is 30.2 Å². The Labute approximate surface area is 178 Å². The number of nitrogens with two attached hydrogens (primary N) is 1. The molecular weight excluding hydrogens is 435 g/mol. The number of hydrogen-bond donors (Lipinski definition) is 5. The second-order valence-electron chi connectivity index (χ2n) is 6.76. The molecule has 0 radical (unpaired) electrons. The van der Waals surface area contributed by atoms with Crippen molar-refractivity contribution in [2.75, 3.05) is 18.9 Å². The first kappa shape index (κ1) is 23.3. The summed E-state index contributed by atoms with van der Waals surface area (Å²) < 4.78 is 40.8. The van der Waals surface area contributed by atoms with E-state index in [0.29, 0.717) is 30.4 Å². The predicted molar refractivity (Wildman–Crippen MR) is 104 cm³/mol. The van der Waals surface area contributed by atoms with E-state index >= 15 is 0 Å². The molecule has 0 bridgehead atoms. The molecule has 0 spiro atoms.